The van der Waals surface area contributed by atoms with E-state index in [1.807, 2.05) is 24.3 Å². The number of aromatic nitrogens is 1. The molecule has 1 aliphatic heterocycles. The van der Waals surface area contributed by atoms with Gasteiger partial charge in [0.15, 0.2) is 5.58 Å². The minimum atomic E-state index is -0.568. The molecule has 8 heteroatoms. The van der Waals surface area contributed by atoms with Crippen LogP contribution in [0.5, 0.6) is 0 Å². The van der Waals surface area contributed by atoms with Gasteiger partial charge < -0.3 is 15.1 Å². The van der Waals surface area contributed by atoms with E-state index in [1.165, 1.54) is 12.1 Å². The Balaban J connectivity index is 0.00000259. The van der Waals surface area contributed by atoms with Gasteiger partial charge in [0.1, 0.15) is 11.3 Å². The maximum atomic E-state index is 14.0. The zero-order chi connectivity index (χ0) is 21.9. The Hall–Kier alpha value is -3.26. The predicted molar refractivity (Wildman–Crippen MR) is 129 cm³/mol. The Kier molecular flexibility index (Phi) is 7.03. The molecule has 0 aliphatic carbocycles. The molecule has 5 rings (SSSR count). The van der Waals surface area contributed by atoms with Gasteiger partial charge in [0.25, 0.3) is 5.91 Å². The van der Waals surface area contributed by atoms with Gasteiger partial charge in [-0.3, -0.25) is 9.69 Å². The fourth-order valence-electron chi connectivity index (χ4n) is 3.97. The third-order valence-corrected chi connectivity index (χ3v) is 5.62. The number of carbonyl (C=O) groups is 1. The Morgan fingerprint density at radius 3 is 2.61 bits per heavy atom. The number of oxazole rings is 1. The van der Waals surface area contributed by atoms with Crippen LogP contribution < -0.4 is 10.6 Å². The molecule has 4 aromatic rings. The zero-order valence-corrected chi connectivity index (χ0v) is 18.7. The van der Waals surface area contributed by atoms with Gasteiger partial charge in [-0.05, 0) is 30.3 Å². The lowest BCUT2D eigenvalue weighted by molar-refractivity contribution is 0.102. The van der Waals surface area contributed by atoms with Crippen molar-refractivity contribution in [1.29, 1.82) is 0 Å². The summed E-state index contributed by atoms with van der Waals surface area (Å²) in [6.45, 7) is 4.73. The lowest BCUT2D eigenvalue weighted by atomic mass is 10.1. The molecule has 1 aromatic heterocycles. The van der Waals surface area contributed by atoms with Crippen LogP contribution in [-0.2, 0) is 6.54 Å². The van der Waals surface area contributed by atoms with Crippen molar-refractivity contribution in [3.8, 4) is 11.5 Å². The first-order valence-electron chi connectivity index (χ1n) is 10.7. The van der Waals surface area contributed by atoms with Gasteiger partial charge in [-0.25, -0.2) is 9.37 Å². The average molecular weight is 467 g/mol. The second-order valence-corrected chi connectivity index (χ2v) is 7.79. The maximum absolute atomic E-state index is 14.0. The highest BCUT2D eigenvalue weighted by Gasteiger charge is 2.19. The van der Waals surface area contributed by atoms with Crippen LogP contribution in [0.1, 0.15) is 15.9 Å². The first kappa shape index (κ1) is 22.9. The van der Waals surface area contributed by atoms with E-state index in [9.17, 15) is 9.18 Å². The number of para-hydroxylation sites is 2. The second kappa shape index (κ2) is 10.1. The first-order chi connectivity index (χ1) is 15.7. The lowest BCUT2D eigenvalue weighted by Gasteiger charge is -2.27. The fourth-order valence-corrected chi connectivity index (χ4v) is 3.97. The van der Waals surface area contributed by atoms with Gasteiger partial charge in [0.05, 0.1) is 16.8 Å². The number of fused-ring (bicyclic) bond motifs is 1. The van der Waals surface area contributed by atoms with Gasteiger partial charge in [0, 0.05) is 38.3 Å². The van der Waals surface area contributed by atoms with Crippen LogP contribution in [0.3, 0.4) is 0 Å². The van der Waals surface area contributed by atoms with Gasteiger partial charge >= 0.3 is 0 Å². The Bertz CT molecular complexity index is 1270. The summed E-state index contributed by atoms with van der Waals surface area (Å²) in [7, 11) is 0. The van der Waals surface area contributed by atoms with E-state index in [0.717, 1.165) is 49.4 Å². The highest BCUT2D eigenvalue weighted by molar-refractivity contribution is 6.06. The highest BCUT2D eigenvalue weighted by Crippen LogP contribution is 2.32. The van der Waals surface area contributed by atoms with Crippen LogP contribution in [-0.4, -0.2) is 42.0 Å². The Morgan fingerprint density at radius 1 is 1.03 bits per heavy atom. The van der Waals surface area contributed by atoms with Crippen molar-refractivity contribution in [3.63, 3.8) is 0 Å². The average Bonchev–Trinajstić information content (AvgIpc) is 3.26. The summed E-state index contributed by atoms with van der Waals surface area (Å²) in [6, 6.07) is 19.1. The van der Waals surface area contributed by atoms with Crippen molar-refractivity contribution >= 4 is 35.1 Å². The fraction of sp³-hybridized carbons (Fsp3) is 0.200. The van der Waals surface area contributed by atoms with E-state index in [4.69, 9.17) is 4.42 Å². The van der Waals surface area contributed by atoms with Crippen molar-refractivity contribution in [2.75, 3.05) is 31.5 Å². The van der Waals surface area contributed by atoms with Crippen molar-refractivity contribution in [2.24, 2.45) is 0 Å². The van der Waals surface area contributed by atoms with Gasteiger partial charge in [-0.1, -0.05) is 36.4 Å². The molecule has 2 N–H and O–H groups in total. The number of hydrogen-bond acceptors (Lipinski definition) is 5. The van der Waals surface area contributed by atoms with Gasteiger partial charge in [0.2, 0.25) is 5.89 Å². The van der Waals surface area contributed by atoms with Crippen molar-refractivity contribution < 1.29 is 13.6 Å². The topological polar surface area (TPSA) is 70.4 Å². The number of amides is 1. The van der Waals surface area contributed by atoms with Crippen LogP contribution in [0.4, 0.5) is 10.1 Å². The van der Waals surface area contributed by atoms with E-state index in [1.54, 1.807) is 24.3 Å². The third-order valence-electron chi connectivity index (χ3n) is 5.62. The summed E-state index contributed by atoms with van der Waals surface area (Å²) >= 11 is 0. The third kappa shape index (κ3) is 4.90. The minimum absolute atomic E-state index is 0. The number of nitrogens with zero attached hydrogens (tertiary/aromatic N) is 2. The molecule has 0 saturated carbocycles. The number of nitrogens with one attached hydrogen (secondary N) is 2. The van der Waals surface area contributed by atoms with Crippen LogP contribution in [0, 0.1) is 5.82 Å². The summed E-state index contributed by atoms with van der Waals surface area (Å²) in [4.78, 5) is 19.7. The van der Waals surface area contributed by atoms with Crippen LogP contribution in [0.15, 0.2) is 71.1 Å². The largest absolute Gasteiger partial charge is 0.436 e. The first-order valence-corrected chi connectivity index (χ1v) is 10.7. The molecular weight excluding hydrogens is 443 g/mol. The van der Waals surface area contributed by atoms with Crippen LogP contribution >= 0.6 is 12.4 Å². The van der Waals surface area contributed by atoms with E-state index in [2.05, 4.69) is 26.6 Å². The number of carbonyl (C=O) groups excluding carboxylic acids is 1. The number of benzene rings is 3. The number of halogens is 2. The van der Waals surface area contributed by atoms with Crippen LogP contribution in [0.25, 0.3) is 22.6 Å². The monoisotopic (exact) mass is 466 g/mol. The molecule has 0 unspecified atom stereocenters. The molecule has 170 valence electrons. The van der Waals surface area contributed by atoms with Crippen LogP contribution in [0.2, 0.25) is 0 Å². The van der Waals surface area contributed by atoms with E-state index in [0.29, 0.717) is 17.1 Å². The molecule has 0 atom stereocenters. The Labute approximate surface area is 197 Å². The predicted octanol–water partition coefficient (Wildman–Crippen LogP) is 4.71. The number of hydrogen-bond donors (Lipinski definition) is 2. The molecule has 0 bridgehead atoms. The maximum Gasteiger partial charge on any atom is 0.258 e. The smallest absolute Gasteiger partial charge is 0.258 e. The molecule has 1 saturated heterocycles. The van der Waals surface area contributed by atoms with E-state index < -0.39 is 11.7 Å². The lowest BCUT2D eigenvalue weighted by Crippen LogP contribution is -2.42. The summed E-state index contributed by atoms with van der Waals surface area (Å²) in [5.74, 6) is -0.676. The zero-order valence-electron chi connectivity index (χ0n) is 17.9. The van der Waals surface area contributed by atoms with Gasteiger partial charge in [-0.2, -0.15) is 0 Å². The molecule has 0 spiro atoms. The van der Waals surface area contributed by atoms with Crippen molar-refractivity contribution in [1.82, 2.24) is 15.2 Å². The molecule has 1 fully saturated rings. The Morgan fingerprint density at radius 2 is 1.79 bits per heavy atom. The van der Waals surface area contributed by atoms with Crippen molar-refractivity contribution in [2.45, 2.75) is 6.54 Å². The molecule has 2 heterocycles. The molecule has 1 aliphatic rings. The highest BCUT2D eigenvalue weighted by atomic mass is 35.5. The quantitative estimate of drug-likeness (QED) is 0.445. The SMILES string of the molecule is Cl.O=C(Nc1ccccc1-c1nc2cccc(CN3CCNCC3)c2o1)c1ccccc1F. The molecular formula is C25H24ClFN4O2. The molecule has 6 nitrogen and oxygen atoms in total. The van der Waals surface area contributed by atoms with Crippen molar-refractivity contribution in [3.05, 3.63) is 83.7 Å². The second-order valence-electron chi connectivity index (χ2n) is 7.79. The standard InChI is InChI=1S/C25H23FN4O2.ClH/c26-20-9-3-1-7-18(20)24(31)28-21-10-4-2-8-19(21)25-29-22-11-5-6-17(23(22)32-25)16-30-14-12-27-13-15-30;/h1-11,27H,12-16H2,(H,28,31);1H. The minimum Gasteiger partial charge on any atom is -0.436 e. The summed E-state index contributed by atoms with van der Waals surface area (Å²) in [5, 5.41) is 6.16. The summed E-state index contributed by atoms with van der Waals surface area (Å²) in [6.07, 6.45) is 0. The number of anilines is 1. The molecule has 33 heavy (non-hydrogen) atoms. The van der Waals surface area contributed by atoms with Gasteiger partial charge in [-0.15, -0.1) is 12.4 Å². The normalized spacial score (nSPS) is 14.1. The molecule has 1 amide bonds. The number of piperazine rings is 1. The molecule has 0 radical (unpaired) electrons. The van der Waals surface area contributed by atoms with E-state index >= 15 is 0 Å². The molecule has 3 aromatic carbocycles. The summed E-state index contributed by atoms with van der Waals surface area (Å²) < 4.78 is 20.2. The number of rotatable bonds is 5. The summed E-state index contributed by atoms with van der Waals surface area (Å²) in [5.41, 5.74) is 3.73. The van der Waals surface area contributed by atoms with E-state index in [-0.39, 0.29) is 18.0 Å².